The molecule has 1 fully saturated rings. The van der Waals surface area contributed by atoms with Crippen LogP contribution in [0.5, 0.6) is 5.75 Å². The van der Waals surface area contributed by atoms with Crippen molar-refractivity contribution >= 4 is 11.6 Å². The summed E-state index contributed by atoms with van der Waals surface area (Å²) in [6.45, 7) is 1.15. The van der Waals surface area contributed by atoms with Crippen LogP contribution < -0.4 is 4.74 Å². The molecule has 0 bridgehead atoms. The first-order valence-electron chi connectivity index (χ1n) is 11.3. The van der Waals surface area contributed by atoms with Crippen LogP contribution in [0.1, 0.15) is 36.5 Å². The van der Waals surface area contributed by atoms with Gasteiger partial charge in [-0.15, -0.1) is 0 Å². The summed E-state index contributed by atoms with van der Waals surface area (Å²) < 4.78 is 52.2. The Morgan fingerprint density at radius 1 is 1.14 bits per heavy atom. The van der Waals surface area contributed by atoms with Crippen molar-refractivity contribution in [3.8, 4) is 5.75 Å². The summed E-state index contributed by atoms with van der Waals surface area (Å²) in [4.78, 5) is 0. The second kappa shape index (κ2) is 9.22. The van der Waals surface area contributed by atoms with Gasteiger partial charge in [-0.2, -0.15) is 0 Å². The number of benzene rings is 2. The lowest BCUT2D eigenvalue weighted by Gasteiger charge is -2.40. The Kier molecular flexibility index (Phi) is 5.01. The molecule has 2 aromatic rings. The van der Waals surface area contributed by atoms with Gasteiger partial charge < -0.3 is 29.9 Å². The highest BCUT2D eigenvalue weighted by Gasteiger charge is 2.43. The van der Waals surface area contributed by atoms with E-state index in [0.717, 1.165) is 0 Å². The van der Waals surface area contributed by atoms with Crippen molar-refractivity contribution in [3.05, 3.63) is 64.1 Å². The molecule has 1 aliphatic rings. The minimum absolute atomic E-state index is 0.0555. The molecule has 0 spiro atoms. The van der Waals surface area contributed by atoms with Gasteiger partial charge in [0.2, 0.25) is 0 Å². The predicted molar refractivity (Wildman–Crippen MR) is 105 cm³/mol. The Hall–Kier alpha value is -1.67. The molecule has 0 unspecified atom stereocenters. The maximum absolute atomic E-state index is 10.5. The van der Waals surface area contributed by atoms with E-state index in [-0.39, 0.29) is 59.1 Å². The van der Waals surface area contributed by atoms with Crippen LogP contribution >= 0.6 is 11.6 Å². The monoisotopic (exact) mass is 413 g/mol. The van der Waals surface area contributed by atoms with E-state index in [4.69, 9.17) is 27.9 Å². The molecule has 1 heterocycles. The van der Waals surface area contributed by atoms with Crippen LogP contribution in [-0.2, 0) is 11.2 Å². The van der Waals surface area contributed by atoms with E-state index in [1.807, 2.05) is 0 Å². The van der Waals surface area contributed by atoms with Crippen molar-refractivity contribution in [2.24, 2.45) is 0 Å². The SMILES string of the molecule is [2H]c1c([2H])c(OCC)c([2H])c([2H])c1Cc1cc([C@]2([2H])O[C@H](CO)[C@@H](O)[C@H](O)[C@H]2O)ccc1Cl. The number of ether oxygens (including phenoxy) is 2. The van der Waals surface area contributed by atoms with E-state index in [1.165, 1.54) is 18.2 Å². The number of halogens is 1. The van der Waals surface area contributed by atoms with E-state index < -0.39 is 37.1 Å². The summed E-state index contributed by atoms with van der Waals surface area (Å²) >= 11 is 6.31. The first kappa shape index (κ1) is 15.2. The van der Waals surface area contributed by atoms with Crippen LogP contribution in [0.25, 0.3) is 0 Å². The number of rotatable bonds is 6. The van der Waals surface area contributed by atoms with Gasteiger partial charge in [0.25, 0.3) is 0 Å². The molecule has 6 nitrogen and oxygen atoms in total. The van der Waals surface area contributed by atoms with E-state index in [0.29, 0.717) is 5.56 Å². The maximum atomic E-state index is 10.5. The number of aliphatic hydroxyl groups excluding tert-OH is 4. The molecule has 1 aliphatic heterocycles. The highest BCUT2D eigenvalue weighted by molar-refractivity contribution is 6.31. The Bertz CT molecular complexity index is 1010. The zero-order valence-electron chi connectivity index (χ0n) is 20.1. The van der Waals surface area contributed by atoms with Crippen LogP contribution in [0.15, 0.2) is 42.4 Å². The lowest BCUT2D eigenvalue weighted by atomic mass is 9.90. The average molecular weight is 414 g/mol. The van der Waals surface area contributed by atoms with Gasteiger partial charge in [-0.1, -0.05) is 35.8 Å². The second-order valence-electron chi connectivity index (χ2n) is 6.35. The van der Waals surface area contributed by atoms with Gasteiger partial charge in [0.1, 0.15) is 36.2 Å². The predicted octanol–water partition coefficient (Wildman–Crippen LogP) is 1.84. The first-order valence-corrected chi connectivity index (χ1v) is 9.19. The molecule has 5 atom stereocenters. The highest BCUT2D eigenvalue weighted by Crippen LogP contribution is 2.34. The third kappa shape index (κ3) is 4.49. The molecule has 28 heavy (non-hydrogen) atoms. The van der Waals surface area contributed by atoms with Gasteiger partial charge in [-0.05, 0) is 48.2 Å². The molecule has 152 valence electrons. The summed E-state index contributed by atoms with van der Waals surface area (Å²) in [7, 11) is 0. The second-order valence-corrected chi connectivity index (χ2v) is 6.76. The normalized spacial score (nSPS) is 32.7. The molecule has 1 saturated heterocycles. The van der Waals surface area contributed by atoms with Crippen molar-refractivity contribution < 1.29 is 36.8 Å². The first-order chi connectivity index (χ1) is 15.5. The van der Waals surface area contributed by atoms with Crippen molar-refractivity contribution in [3.63, 3.8) is 0 Å². The molecule has 0 aliphatic carbocycles. The van der Waals surface area contributed by atoms with Gasteiger partial charge in [0.15, 0.2) is 0 Å². The van der Waals surface area contributed by atoms with Gasteiger partial charge in [0, 0.05) is 5.02 Å². The Morgan fingerprint density at radius 2 is 1.86 bits per heavy atom. The number of hydrogen-bond donors (Lipinski definition) is 4. The minimum atomic E-state index is -2.25. The van der Waals surface area contributed by atoms with Crippen molar-refractivity contribution in [1.82, 2.24) is 0 Å². The van der Waals surface area contributed by atoms with Crippen LogP contribution in [0.3, 0.4) is 0 Å². The number of aliphatic hydroxyl groups is 4. The molecule has 7 heteroatoms. The molecule has 3 rings (SSSR count). The van der Waals surface area contributed by atoms with Gasteiger partial charge in [-0.3, -0.25) is 0 Å². The molecular formula is C21H25ClO6. The van der Waals surface area contributed by atoms with Crippen LogP contribution in [0.2, 0.25) is 5.02 Å². The van der Waals surface area contributed by atoms with E-state index >= 15 is 0 Å². The molecule has 2 aromatic carbocycles. The Morgan fingerprint density at radius 3 is 2.50 bits per heavy atom. The van der Waals surface area contributed by atoms with Gasteiger partial charge in [-0.25, -0.2) is 0 Å². The molecule has 0 radical (unpaired) electrons. The third-order valence-corrected chi connectivity index (χ3v) is 4.79. The van der Waals surface area contributed by atoms with Crippen molar-refractivity contribution in [1.29, 1.82) is 0 Å². The summed E-state index contributed by atoms with van der Waals surface area (Å²) in [5.74, 6) is -0.150. The van der Waals surface area contributed by atoms with Crippen LogP contribution in [0.4, 0.5) is 0 Å². The molecule has 4 N–H and O–H groups in total. The fourth-order valence-electron chi connectivity index (χ4n) is 2.93. The van der Waals surface area contributed by atoms with Gasteiger partial charge in [0.05, 0.1) is 20.1 Å². The summed E-state index contributed by atoms with van der Waals surface area (Å²) in [5.41, 5.74) is 0.433. The van der Waals surface area contributed by atoms with E-state index in [9.17, 15) is 20.4 Å². The fourth-order valence-corrected chi connectivity index (χ4v) is 3.12. The lowest BCUT2D eigenvalue weighted by molar-refractivity contribution is -0.231. The zero-order valence-corrected chi connectivity index (χ0v) is 15.9. The standard InChI is InChI=1S/C21H25ClO6/c1-2-27-15-6-3-12(4-7-15)9-14-10-13(5-8-16(14)22)21-20(26)19(25)18(24)17(11-23)28-21/h3-8,10,17-21,23-26H,2,9,11H2,1H3/t17-,18-,19+,20-,21+/m1/s1/i3D,4D,6D,7D,21D. The maximum Gasteiger partial charge on any atom is 0.119 e. The van der Waals surface area contributed by atoms with Crippen molar-refractivity contribution in [2.45, 2.75) is 43.8 Å². The van der Waals surface area contributed by atoms with Crippen LogP contribution in [-0.4, -0.2) is 58.1 Å². The quantitative estimate of drug-likeness (QED) is 0.576. The third-order valence-electron chi connectivity index (χ3n) is 4.42. The fraction of sp³-hybridized carbons (Fsp3) is 0.429. The van der Waals surface area contributed by atoms with Crippen LogP contribution in [0, 0.1) is 0 Å². The Balaban J connectivity index is 2.05. The smallest absolute Gasteiger partial charge is 0.119 e. The van der Waals surface area contributed by atoms with Crippen molar-refractivity contribution in [2.75, 3.05) is 13.2 Å². The number of hydrogen-bond acceptors (Lipinski definition) is 6. The van der Waals surface area contributed by atoms with Gasteiger partial charge >= 0.3 is 0 Å². The summed E-state index contributed by atoms with van der Waals surface area (Å²) in [5, 5.41) is 40.2. The topological polar surface area (TPSA) is 99.4 Å². The van der Waals surface area contributed by atoms with E-state index in [1.54, 1.807) is 6.92 Å². The average Bonchev–Trinajstić information content (AvgIpc) is 2.80. The Labute approximate surface area is 175 Å². The molecule has 0 aromatic heterocycles. The largest absolute Gasteiger partial charge is 0.494 e. The lowest BCUT2D eigenvalue weighted by Crippen LogP contribution is -2.55. The summed E-state index contributed by atoms with van der Waals surface area (Å²) in [6, 6.07) is 2.93. The zero-order chi connectivity index (χ0) is 24.7. The van der Waals surface area contributed by atoms with E-state index in [2.05, 4.69) is 0 Å². The highest BCUT2D eigenvalue weighted by atomic mass is 35.5. The minimum Gasteiger partial charge on any atom is -0.494 e. The molecule has 0 amide bonds. The summed E-state index contributed by atoms with van der Waals surface area (Å²) in [6.07, 6.45) is -8.90. The molecule has 0 saturated carbocycles. The molecular weight excluding hydrogens is 384 g/mol.